The van der Waals surface area contributed by atoms with E-state index in [9.17, 15) is 48.6 Å². The number of aliphatic hydroxyl groups is 2. The highest BCUT2D eigenvalue weighted by Crippen LogP contribution is 2.08. The van der Waals surface area contributed by atoms with Gasteiger partial charge in [-0.3, -0.25) is 9.59 Å². The van der Waals surface area contributed by atoms with Gasteiger partial charge in [-0.2, -0.15) is 0 Å². The van der Waals surface area contributed by atoms with Crippen LogP contribution in [0.5, 0.6) is 0 Å². The van der Waals surface area contributed by atoms with Crippen molar-refractivity contribution in [2.45, 2.75) is 105 Å². The zero-order valence-corrected chi connectivity index (χ0v) is 26.9. The van der Waals surface area contributed by atoms with Gasteiger partial charge in [-0.15, -0.1) is 0 Å². The SMILES string of the molecule is C=C(C)Cn1c(=O)n(CCC(=O)OCCn2c(=O)n(CCO)c(=O)n(CC(C)(C)O)c2=O)c(=O)n(CCC(=O)OC(C)(C)C)c1=O. The molecular formula is C28H42N6O12. The summed E-state index contributed by atoms with van der Waals surface area (Å²) in [5.74, 6) is -1.61. The molecule has 0 spiro atoms. The smallest absolute Gasteiger partial charge is 0.336 e. The van der Waals surface area contributed by atoms with Crippen LogP contribution in [0.25, 0.3) is 0 Å². The number of carbonyl (C=O) groups excluding carboxylic acids is 2. The Bertz CT molecular complexity index is 1820. The molecule has 0 aliphatic carbocycles. The first-order valence-corrected chi connectivity index (χ1v) is 14.4. The molecule has 18 heteroatoms. The van der Waals surface area contributed by atoms with Gasteiger partial charge in [0.25, 0.3) is 0 Å². The van der Waals surface area contributed by atoms with Gasteiger partial charge in [-0.05, 0) is 41.5 Å². The monoisotopic (exact) mass is 654 g/mol. The largest absolute Gasteiger partial charge is 0.464 e. The van der Waals surface area contributed by atoms with E-state index in [1.54, 1.807) is 27.7 Å². The number of allylic oxidation sites excluding steroid dienone is 1. The van der Waals surface area contributed by atoms with Crippen LogP contribution >= 0.6 is 0 Å². The van der Waals surface area contributed by atoms with Crippen LogP contribution in [0.15, 0.2) is 40.9 Å². The summed E-state index contributed by atoms with van der Waals surface area (Å²) in [6.45, 7) is 9.23. The molecule has 2 aromatic rings. The van der Waals surface area contributed by atoms with Gasteiger partial charge in [0.05, 0.1) is 51.2 Å². The van der Waals surface area contributed by atoms with Crippen LogP contribution in [0.3, 0.4) is 0 Å². The van der Waals surface area contributed by atoms with E-state index in [0.29, 0.717) is 28.4 Å². The van der Waals surface area contributed by atoms with Crippen molar-refractivity contribution in [1.29, 1.82) is 0 Å². The van der Waals surface area contributed by atoms with Crippen LogP contribution in [-0.4, -0.2) is 74.0 Å². The van der Waals surface area contributed by atoms with E-state index >= 15 is 0 Å². The molecule has 0 saturated heterocycles. The van der Waals surface area contributed by atoms with Crippen LogP contribution < -0.4 is 34.1 Å². The number of aromatic nitrogens is 6. The summed E-state index contributed by atoms with van der Waals surface area (Å²) in [6, 6.07) is 0. The normalized spacial score (nSPS) is 11.8. The standard InChI is InChI=1S/C28H42N6O12/c1-18(2)16-33-23(40)29(21(38)30(24(33)41)11-9-20(37)46-27(3,4)5)10-8-19(36)45-15-13-32-22(39)31(12-14-35)25(42)34(26(32)43)17-28(6,7)44/h35,44H,1,8-17H2,2-7H3. The van der Waals surface area contributed by atoms with Crippen LogP contribution in [0.4, 0.5) is 0 Å². The molecule has 0 aliphatic rings. The van der Waals surface area contributed by atoms with Crippen molar-refractivity contribution in [3.05, 3.63) is 75.1 Å². The summed E-state index contributed by atoms with van der Waals surface area (Å²) in [5, 5.41) is 19.4. The quantitative estimate of drug-likeness (QED) is 0.149. The topological polar surface area (TPSA) is 225 Å². The van der Waals surface area contributed by atoms with Crippen molar-refractivity contribution in [3.63, 3.8) is 0 Å². The lowest BCUT2D eigenvalue weighted by Gasteiger charge is -2.20. The highest BCUT2D eigenvalue weighted by atomic mass is 16.6. The Kier molecular flexibility index (Phi) is 12.4. The second-order valence-electron chi connectivity index (χ2n) is 12.3. The van der Waals surface area contributed by atoms with Gasteiger partial charge >= 0.3 is 46.1 Å². The fourth-order valence-electron chi connectivity index (χ4n) is 4.28. The Balaban J connectivity index is 2.29. The minimum atomic E-state index is -1.51. The minimum absolute atomic E-state index is 0.229. The highest BCUT2D eigenvalue weighted by Gasteiger charge is 2.23. The summed E-state index contributed by atoms with van der Waals surface area (Å²) >= 11 is 0. The Morgan fingerprint density at radius 3 is 1.52 bits per heavy atom. The Hall–Kier alpha value is -4.58. The fraction of sp³-hybridized carbons (Fsp3) is 0.643. The number of nitrogens with zero attached hydrogens (tertiary/aromatic N) is 6. The molecule has 18 nitrogen and oxygen atoms in total. The number of ether oxygens (including phenoxy) is 2. The molecule has 2 aromatic heterocycles. The highest BCUT2D eigenvalue weighted by molar-refractivity contribution is 5.69. The van der Waals surface area contributed by atoms with E-state index in [0.717, 1.165) is 4.57 Å². The van der Waals surface area contributed by atoms with Gasteiger partial charge in [0.2, 0.25) is 0 Å². The van der Waals surface area contributed by atoms with Gasteiger partial charge in [0, 0.05) is 13.1 Å². The van der Waals surface area contributed by atoms with Crippen molar-refractivity contribution >= 4 is 11.9 Å². The number of esters is 2. The fourth-order valence-corrected chi connectivity index (χ4v) is 4.28. The molecule has 0 amide bonds. The lowest BCUT2D eigenvalue weighted by atomic mass is 10.1. The molecule has 2 heterocycles. The zero-order chi connectivity index (χ0) is 35.1. The molecule has 0 bridgehead atoms. The van der Waals surface area contributed by atoms with E-state index < -0.39 is 110 Å². The maximum absolute atomic E-state index is 13.1. The van der Waals surface area contributed by atoms with Crippen LogP contribution in [-0.2, 0) is 58.3 Å². The summed E-state index contributed by atoms with van der Waals surface area (Å²) in [4.78, 5) is 102. The van der Waals surface area contributed by atoms with Gasteiger partial charge in [-0.1, -0.05) is 12.2 Å². The summed E-state index contributed by atoms with van der Waals surface area (Å²) in [6.07, 6.45) is -0.878. The zero-order valence-electron chi connectivity index (χ0n) is 26.9. The van der Waals surface area contributed by atoms with E-state index in [1.807, 2.05) is 0 Å². The summed E-state index contributed by atoms with van der Waals surface area (Å²) < 4.78 is 14.2. The predicted molar refractivity (Wildman–Crippen MR) is 163 cm³/mol. The average Bonchev–Trinajstić information content (AvgIpc) is 2.91. The first-order chi connectivity index (χ1) is 21.2. The van der Waals surface area contributed by atoms with E-state index in [-0.39, 0.29) is 13.0 Å². The summed E-state index contributed by atoms with van der Waals surface area (Å²) in [5.41, 5.74) is -8.09. The molecule has 2 N–H and O–H groups in total. The number of carbonyl (C=O) groups is 2. The van der Waals surface area contributed by atoms with Gasteiger partial charge in [0.15, 0.2) is 0 Å². The third-order valence-electron chi connectivity index (χ3n) is 6.14. The Morgan fingerprint density at radius 2 is 1.09 bits per heavy atom. The summed E-state index contributed by atoms with van der Waals surface area (Å²) in [7, 11) is 0. The molecule has 256 valence electrons. The van der Waals surface area contributed by atoms with E-state index in [1.165, 1.54) is 13.8 Å². The van der Waals surface area contributed by atoms with Gasteiger partial charge in [-0.25, -0.2) is 56.2 Å². The second-order valence-corrected chi connectivity index (χ2v) is 12.3. The van der Waals surface area contributed by atoms with Crippen LogP contribution in [0.2, 0.25) is 0 Å². The van der Waals surface area contributed by atoms with Crippen molar-refractivity contribution in [1.82, 2.24) is 27.4 Å². The molecule has 0 aromatic carbocycles. The Morgan fingerprint density at radius 1 is 0.674 bits per heavy atom. The van der Waals surface area contributed by atoms with Crippen LogP contribution in [0, 0.1) is 0 Å². The molecule has 0 fully saturated rings. The van der Waals surface area contributed by atoms with E-state index in [2.05, 4.69) is 6.58 Å². The molecule has 2 rings (SSSR count). The lowest BCUT2D eigenvalue weighted by Crippen LogP contribution is -2.56. The van der Waals surface area contributed by atoms with Gasteiger partial charge in [0.1, 0.15) is 12.2 Å². The number of hydrogen-bond donors (Lipinski definition) is 2. The first kappa shape index (κ1) is 37.6. The molecule has 0 atom stereocenters. The number of rotatable bonds is 15. The van der Waals surface area contributed by atoms with E-state index in [4.69, 9.17) is 9.47 Å². The second kappa shape index (κ2) is 15.1. The van der Waals surface area contributed by atoms with Crippen molar-refractivity contribution in [2.24, 2.45) is 0 Å². The van der Waals surface area contributed by atoms with Crippen LogP contribution in [0.1, 0.15) is 54.4 Å². The molecule has 46 heavy (non-hydrogen) atoms. The molecule has 0 aliphatic heterocycles. The van der Waals surface area contributed by atoms with Crippen molar-refractivity contribution in [2.75, 3.05) is 13.2 Å². The van der Waals surface area contributed by atoms with Crippen molar-refractivity contribution in [3.8, 4) is 0 Å². The lowest BCUT2D eigenvalue weighted by molar-refractivity contribution is -0.155. The van der Waals surface area contributed by atoms with Crippen molar-refractivity contribution < 1.29 is 29.3 Å². The van der Waals surface area contributed by atoms with Gasteiger partial charge < -0.3 is 19.7 Å². The molecule has 0 radical (unpaired) electrons. The third-order valence-corrected chi connectivity index (χ3v) is 6.14. The molecule has 0 saturated carbocycles. The maximum Gasteiger partial charge on any atom is 0.336 e. The predicted octanol–water partition coefficient (Wildman–Crippen LogP) is -2.64. The first-order valence-electron chi connectivity index (χ1n) is 14.4. The maximum atomic E-state index is 13.1. The molecule has 0 unspecified atom stereocenters. The Labute approximate surface area is 262 Å². The molecular weight excluding hydrogens is 612 g/mol. The average molecular weight is 655 g/mol. The minimum Gasteiger partial charge on any atom is -0.464 e. The number of hydrogen-bond acceptors (Lipinski definition) is 12. The third kappa shape index (κ3) is 9.96. The number of aliphatic hydroxyl groups excluding tert-OH is 1.